The van der Waals surface area contributed by atoms with E-state index in [2.05, 4.69) is 15.5 Å². The van der Waals surface area contributed by atoms with E-state index in [1.807, 2.05) is 48.9 Å². The number of aromatic nitrogens is 3. The molecule has 0 saturated carbocycles. The minimum absolute atomic E-state index is 0.171. The van der Waals surface area contributed by atoms with Gasteiger partial charge in [-0.05, 0) is 37.3 Å². The van der Waals surface area contributed by atoms with E-state index in [9.17, 15) is 4.79 Å². The first-order valence-corrected chi connectivity index (χ1v) is 10.2. The maximum atomic E-state index is 12.2. The Morgan fingerprint density at radius 2 is 1.86 bits per heavy atom. The number of nitrogens with zero attached hydrogens (tertiary/aromatic N) is 3. The van der Waals surface area contributed by atoms with Gasteiger partial charge in [0.25, 0.3) is 0 Å². The van der Waals surface area contributed by atoms with Crippen LogP contribution in [0.1, 0.15) is 18.9 Å². The van der Waals surface area contributed by atoms with E-state index < -0.39 is 0 Å². The van der Waals surface area contributed by atoms with Crippen molar-refractivity contribution in [1.29, 1.82) is 0 Å². The van der Waals surface area contributed by atoms with Crippen molar-refractivity contribution in [3.05, 3.63) is 64.4 Å². The van der Waals surface area contributed by atoms with Crippen LogP contribution in [-0.4, -0.2) is 26.4 Å². The molecule has 0 radical (unpaired) electrons. The molecule has 3 rings (SSSR count). The number of carbonyl (C=O) groups is 1. The van der Waals surface area contributed by atoms with Crippen molar-refractivity contribution in [2.75, 3.05) is 11.1 Å². The summed E-state index contributed by atoms with van der Waals surface area (Å²) in [4.78, 5) is 12.2. The predicted molar refractivity (Wildman–Crippen MR) is 112 cm³/mol. The molecular weight excluding hydrogens is 419 g/mol. The molecule has 0 fully saturated rings. The monoisotopic (exact) mass is 436 g/mol. The smallest absolute Gasteiger partial charge is 0.234 e. The van der Waals surface area contributed by atoms with Crippen LogP contribution in [0.5, 0.6) is 5.75 Å². The quantitative estimate of drug-likeness (QED) is 0.528. The minimum atomic E-state index is -0.281. The fourth-order valence-electron chi connectivity index (χ4n) is 2.51. The van der Waals surface area contributed by atoms with Crippen molar-refractivity contribution >= 4 is 46.6 Å². The van der Waals surface area contributed by atoms with Gasteiger partial charge in [0.2, 0.25) is 5.91 Å². The Hall–Kier alpha value is -2.22. The molecule has 0 unspecified atom stereocenters. The molecule has 0 aliphatic rings. The SMILES string of the molecule is C[C@@H](Oc1ccccc1)c1nnc(SCC(=O)Nc2cc(Cl)cc(Cl)c2)n1C. The summed E-state index contributed by atoms with van der Waals surface area (Å²) < 4.78 is 7.71. The minimum Gasteiger partial charge on any atom is -0.483 e. The lowest BCUT2D eigenvalue weighted by Crippen LogP contribution is -2.15. The number of ether oxygens (including phenoxy) is 1. The number of para-hydroxylation sites is 1. The Bertz CT molecular complexity index is 946. The van der Waals surface area contributed by atoms with Crippen LogP contribution in [0.25, 0.3) is 0 Å². The van der Waals surface area contributed by atoms with Crippen molar-refractivity contribution < 1.29 is 9.53 Å². The van der Waals surface area contributed by atoms with Crippen molar-refractivity contribution in [2.45, 2.75) is 18.2 Å². The van der Waals surface area contributed by atoms with E-state index in [4.69, 9.17) is 27.9 Å². The Labute approximate surface area is 177 Å². The van der Waals surface area contributed by atoms with E-state index in [1.54, 1.807) is 18.2 Å². The highest BCUT2D eigenvalue weighted by Crippen LogP contribution is 2.25. The van der Waals surface area contributed by atoms with Gasteiger partial charge in [0, 0.05) is 22.8 Å². The zero-order valence-electron chi connectivity index (χ0n) is 15.2. The molecule has 1 atom stereocenters. The van der Waals surface area contributed by atoms with Crippen LogP contribution in [0.4, 0.5) is 5.69 Å². The first kappa shape index (κ1) is 20.5. The number of benzene rings is 2. The summed E-state index contributed by atoms with van der Waals surface area (Å²) in [7, 11) is 1.84. The number of thioether (sulfide) groups is 1. The summed E-state index contributed by atoms with van der Waals surface area (Å²) in [5.74, 6) is 1.41. The zero-order valence-corrected chi connectivity index (χ0v) is 17.6. The maximum Gasteiger partial charge on any atom is 0.234 e. The van der Waals surface area contributed by atoms with Crippen LogP contribution < -0.4 is 10.1 Å². The molecule has 1 aromatic heterocycles. The molecule has 0 aliphatic heterocycles. The Morgan fingerprint density at radius 1 is 1.18 bits per heavy atom. The number of rotatable bonds is 7. The van der Waals surface area contributed by atoms with Crippen molar-refractivity contribution in [2.24, 2.45) is 7.05 Å². The summed E-state index contributed by atoms with van der Waals surface area (Å²) in [6.45, 7) is 1.90. The van der Waals surface area contributed by atoms with Crippen LogP contribution >= 0.6 is 35.0 Å². The Balaban J connectivity index is 1.58. The van der Waals surface area contributed by atoms with Gasteiger partial charge in [-0.2, -0.15) is 0 Å². The van der Waals surface area contributed by atoms with E-state index in [0.29, 0.717) is 26.7 Å². The highest BCUT2D eigenvalue weighted by molar-refractivity contribution is 7.99. The summed E-state index contributed by atoms with van der Waals surface area (Å²) >= 11 is 13.2. The number of anilines is 1. The number of hydrogen-bond donors (Lipinski definition) is 1. The fraction of sp³-hybridized carbons (Fsp3) is 0.211. The largest absolute Gasteiger partial charge is 0.483 e. The Kier molecular flexibility index (Phi) is 6.83. The third-order valence-electron chi connectivity index (χ3n) is 3.77. The van der Waals surface area contributed by atoms with Gasteiger partial charge in [-0.15, -0.1) is 10.2 Å². The lowest BCUT2D eigenvalue weighted by atomic mass is 10.3. The number of carbonyl (C=O) groups excluding carboxylic acids is 1. The standard InChI is InChI=1S/C19H18Cl2N4O2S/c1-12(27-16-6-4-3-5-7-16)18-23-24-19(25(18)2)28-11-17(26)22-15-9-13(20)8-14(21)10-15/h3-10,12H,11H2,1-2H3,(H,22,26)/t12-/m1/s1. The van der Waals surface area contributed by atoms with Crippen LogP contribution in [-0.2, 0) is 11.8 Å². The van der Waals surface area contributed by atoms with Crippen molar-refractivity contribution in [3.8, 4) is 5.75 Å². The molecule has 146 valence electrons. The lowest BCUT2D eigenvalue weighted by Gasteiger charge is -2.14. The predicted octanol–water partition coefficient (Wildman–Crippen LogP) is 4.99. The third kappa shape index (κ3) is 5.41. The van der Waals surface area contributed by atoms with Gasteiger partial charge >= 0.3 is 0 Å². The fourth-order valence-corrected chi connectivity index (χ4v) is 3.76. The average Bonchev–Trinajstić information content (AvgIpc) is 3.00. The second-order valence-electron chi connectivity index (χ2n) is 5.97. The highest BCUT2D eigenvalue weighted by atomic mass is 35.5. The van der Waals surface area contributed by atoms with E-state index in [0.717, 1.165) is 5.75 Å². The summed E-state index contributed by atoms with van der Waals surface area (Å²) in [6, 6.07) is 14.4. The number of nitrogens with one attached hydrogen (secondary N) is 1. The first-order chi connectivity index (χ1) is 13.4. The normalized spacial score (nSPS) is 11.9. The van der Waals surface area contributed by atoms with Crippen LogP contribution in [0.15, 0.2) is 53.7 Å². The molecular formula is C19H18Cl2N4O2S. The van der Waals surface area contributed by atoms with Crippen LogP contribution in [0.3, 0.4) is 0 Å². The van der Waals surface area contributed by atoms with Gasteiger partial charge in [-0.1, -0.05) is 53.2 Å². The molecule has 3 aromatic rings. The van der Waals surface area contributed by atoms with Crippen molar-refractivity contribution in [1.82, 2.24) is 14.8 Å². The molecule has 0 bridgehead atoms. The lowest BCUT2D eigenvalue weighted by molar-refractivity contribution is -0.113. The van der Waals surface area contributed by atoms with Gasteiger partial charge in [0.05, 0.1) is 5.75 Å². The van der Waals surface area contributed by atoms with Gasteiger partial charge in [-0.3, -0.25) is 4.79 Å². The molecule has 1 N–H and O–H groups in total. The molecule has 1 heterocycles. The number of halogens is 2. The molecule has 0 saturated heterocycles. The van der Waals surface area contributed by atoms with Crippen molar-refractivity contribution in [3.63, 3.8) is 0 Å². The van der Waals surface area contributed by atoms with Gasteiger partial charge in [0.1, 0.15) is 5.75 Å². The summed E-state index contributed by atoms with van der Waals surface area (Å²) in [6.07, 6.45) is -0.281. The second kappa shape index (κ2) is 9.32. The molecule has 28 heavy (non-hydrogen) atoms. The topological polar surface area (TPSA) is 69.0 Å². The highest BCUT2D eigenvalue weighted by Gasteiger charge is 2.18. The maximum absolute atomic E-state index is 12.2. The molecule has 1 amide bonds. The molecule has 6 nitrogen and oxygen atoms in total. The molecule has 0 aliphatic carbocycles. The molecule has 2 aromatic carbocycles. The Morgan fingerprint density at radius 3 is 2.54 bits per heavy atom. The second-order valence-corrected chi connectivity index (χ2v) is 7.78. The number of amides is 1. The number of hydrogen-bond acceptors (Lipinski definition) is 5. The van der Waals surface area contributed by atoms with E-state index in [1.165, 1.54) is 11.8 Å². The van der Waals surface area contributed by atoms with E-state index >= 15 is 0 Å². The van der Waals surface area contributed by atoms with Gasteiger partial charge < -0.3 is 14.6 Å². The first-order valence-electron chi connectivity index (χ1n) is 8.42. The van der Waals surface area contributed by atoms with E-state index in [-0.39, 0.29) is 17.8 Å². The van der Waals surface area contributed by atoms with Crippen LogP contribution in [0, 0.1) is 0 Å². The molecule has 9 heteroatoms. The van der Waals surface area contributed by atoms with Crippen LogP contribution in [0.2, 0.25) is 10.0 Å². The molecule has 0 spiro atoms. The average molecular weight is 437 g/mol. The summed E-state index contributed by atoms with van der Waals surface area (Å²) in [5, 5.41) is 12.7. The van der Waals surface area contributed by atoms with Gasteiger partial charge in [0.15, 0.2) is 17.1 Å². The van der Waals surface area contributed by atoms with Gasteiger partial charge in [-0.25, -0.2) is 0 Å². The third-order valence-corrected chi connectivity index (χ3v) is 5.22. The zero-order chi connectivity index (χ0) is 20.1. The summed E-state index contributed by atoms with van der Waals surface area (Å²) in [5.41, 5.74) is 0.548.